The Hall–Kier alpha value is -3.60. The van der Waals surface area contributed by atoms with Crippen molar-refractivity contribution in [2.24, 2.45) is 0 Å². The van der Waals surface area contributed by atoms with Gasteiger partial charge < -0.3 is 14.6 Å². The summed E-state index contributed by atoms with van der Waals surface area (Å²) in [5, 5.41) is 8.84. The molecule has 0 fully saturated rings. The van der Waals surface area contributed by atoms with Gasteiger partial charge in [0.15, 0.2) is 5.78 Å². The minimum atomic E-state index is -0.800. The van der Waals surface area contributed by atoms with E-state index in [0.29, 0.717) is 36.3 Å². The molecule has 0 aliphatic rings. The molecule has 5 nitrogen and oxygen atoms in total. The number of para-hydroxylation sites is 1. The molecule has 1 N–H and O–H groups in total. The fraction of sp³-hybridized carbons (Fsp3) is 0.259. The van der Waals surface area contributed by atoms with Crippen molar-refractivity contribution in [3.8, 4) is 11.5 Å². The number of aryl methyl sites for hydroxylation is 2. The molecule has 1 unspecified atom stereocenters. The lowest BCUT2D eigenvalue weighted by Crippen LogP contribution is -2.17. The average molecular weight is 433 g/mol. The highest BCUT2D eigenvalue weighted by molar-refractivity contribution is 6.10. The van der Waals surface area contributed by atoms with E-state index in [0.717, 1.165) is 16.9 Å². The van der Waals surface area contributed by atoms with Crippen LogP contribution in [0.2, 0.25) is 0 Å². The Morgan fingerprint density at radius 2 is 1.69 bits per heavy atom. The maximum atomic E-state index is 12.9. The SMILES string of the molecule is Cc1cc(OCCC(C)Oc2ccccc2C(=O)c2ccccc2)ccc1CCC(=O)O. The predicted octanol–water partition coefficient (Wildman–Crippen LogP) is 5.48. The molecule has 166 valence electrons. The van der Waals surface area contributed by atoms with Gasteiger partial charge in [-0.15, -0.1) is 0 Å². The normalized spacial score (nSPS) is 11.6. The van der Waals surface area contributed by atoms with Crippen molar-refractivity contribution in [1.82, 2.24) is 0 Å². The first-order valence-electron chi connectivity index (χ1n) is 10.7. The van der Waals surface area contributed by atoms with Crippen LogP contribution in [0.15, 0.2) is 72.8 Å². The van der Waals surface area contributed by atoms with Gasteiger partial charge in [-0.25, -0.2) is 0 Å². The van der Waals surface area contributed by atoms with Crippen LogP contribution in [-0.4, -0.2) is 29.6 Å². The molecule has 0 saturated heterocycles. The van der Waals surface area contributed by atoms with Crippen LogP contribution in [0.5, 0.6) is 11.5 Å². The molecule has 32 heavy (non-hydrogen) atoms. The lowest BCUT2D eigenvalue weighted by Gasteiger charge is -2.18. The predicted molar refractivity (Wildman–Crippen MR) is 124 cm³/mol. The number of carboxylic acid groups (broad SMARTS) is 1. The first-order valence-corrected chi connectivity index (χ1v) is 10.7. The molecular weight excluding hydrogens is 404 g/mol. The topological polar surface area (TPSA) is 72.8 Å². The van der Waals surface area contributed by atoms with Crippen LogP contribution < -0.4 is 9.47 Å². The van der Waals surface area contributed by atoms with Crippen molar-refractivity contribution < 1.29 is 24.2 Å². The molecule has 0 aliphatic carbocycles. The lowest BCUT2D eigenvalue weighted by molar-refractivity contribution is -0.136. The Balaban J connectivity index is 1.55. The Morgan fingerprint density at radius 1 is 0.969 bits per heavy atom. The maximum Gasteiger partial charge on any atom is 0.303 e. The molecular formula is C27H28O5. The first kappa shape index (κ1) is 23.1. The smallest absolute Gasteiger partial charge is 0.303 e. The van der Waals surface area contributed by atoms with E-state index in [1.807, 2.05) is 68.4 Å². The third-order valence-corrected chi connectivity index (χ3v) is 5.21. The largest absolute Gasteiger partial charge is 0.493 e. The first-order chi connectivity index (χ1) is 15.4. The maximum absolute atomic E-state index is 12.9. The highest BCUT2D eigenvalue weighted by atomic mass is 16.5. The minimum Gasteiger partial charge on any atom is -0.493 e. The summed E-state index contributed by atoms with van der Waals surface area (Å²) in [6, 6.07) is 22.2. The molecule has 0 aromatic heterocycles. The van der Waals surface area contributed by atoms with Crippen molar-refractivity contribution >= 4 is 11.8 Å². The number of rotatable bonds is 11. The molecule has 3 rings (SSSR count). The van der Waals surface area contributed by atoms with E-state index < -0.39 is 5.97 Å². The van der Waals surface area contributed by atoms with Crippen LogP contribution in [-0.2, 0) is 11.2 Å². The third kappa shape index (κ3) is 6.45. The van der Waals surface area contributed by atoms with Gasteiger partial charge in [0.05, 0.1) is 18.3 Å². The molecule has 3 aromatic carbocycles. The summed E-state index contributed by atoms with van der Waals surface area (Å²) in [6.45, 7) is 4.37. The van der Waals surface area contributed by atoms with Crippen molar-refractivity contribution in [2.75, 3.05) is 6.61 Å². The van der Waals surface area contributed by atoms with Gasteiger partial charge in [-0.05, 0) is 55.7 Å². The molecule has 0 aliphatic heterocycles. The third-order valence-electron chi connectivity index (χ3n) is 5.21. The van der Waals surface area contributed by atoms with Crippen molar-refractivity contribution in [2.45, 2.75) is 39.2 Å². The number of hydrogen-bond acceptors (Lipinski definition) is 4. The summed E-state index contributed by atoms with van der Waals surface area (Å²) in [5.74, 6) is 0.440. The van der Waals surface area contributed by atoms with Gasteiger partial charge in [-0.2, -0.15) is 0 Å². The number of hydrogen-bond donors (Lipinski definition) is 1. The molecule has 0 radical (unpaired) electrons. The monoisotopic (exact) mass is 432 g/mol. The Morgan fingerprint density at radius 3 is 2.41 bits per heavy atom. The number of carboxylic acids is 1. The summed E-state index contributed by atoms with van der Waals surface area (Å²) < 4.78 is 11.9. The van der Waals surface area contributed by atoms with Crippen molar-refractivity contribution in [1.29, 1.82) is 0 Å². The van der Waals surface area contributed by atoms with E-state index in [-0.39, 0.29) is 18.3 Å². The second-order valence-corrected chi connectivity index (χ2v) is 7.74. The number of carbonyl (C=O) groups excluding carboxylic acids is 1. The van der Waals surface area contributed by atoms with Gasteiger partial charge >= 0.3 is 5.97 Å². The number of ketones is 1. The highest BCUT2D eigenvalue weighted by Crippen LogP contribution is 2.24. The molecule has 0 heterocycles. The summed E-state index contributed by atoms with van der Waals surface area (Å²) in [4.78, 5) is 23.6. The van der Waals surface area contributed by atoms with Crippen LogP contribution in [0, 0.1) is 6.92 Å². The lowest BCUT2D eigenvalue weighted by atomic mass is 10.0. The average Bonchev–Trinajstić information content (AvgIpc) is 2.79. The van der Waals surface area contributed by atoms with E-state index in [1.54, 1.807) is 18.2 Å². The van der Waals surface area contributed by atoms with E-state index in [1.165, 1.54) is 0 Å². The summed E-state index contributed by atoms with van der Waals surface area (Å²) in [7, 11) is 0. The van der Waals surface area contributed by atoms with Crippen LogP contribution in [0.4, 0.5) is 0 Å². The second-order valence-electron chi connectivity index (χ2n) is 7.74. The van der Waals surface area contributed by atoms with Crippen LogP contribution in [0.3, 0.4) is 0 Å². The molecule has 0 saturated carbocycles. The van der Waals surface area contributed by atoms with Gasteiger partial charge in [0.1, 0.15) is 11.5 Å². The number of carbonyl (C=O) groups is 2. The summed E-state index contributed by atoms with van der Waals surface area (Å²) in [5.41, 5.74) is 3.19. The molecule has 0 spiro atoms. The van der Waals surface area contributed by atoms with Crippen LogP contribution in [0.1, 0.15) is 46.8 Å². The minimum absolute atomic E-state index is 0.0666. The fourth-order valence-electron chi connectivity index (χ4n) is 3.40. The number of aliphatic carboxylic acids is 1. The summed E-state index contributed by atoms with van der Waals surface area (Å²) in [6.07, 6.45) is 1.13. The van der Waals surface area contributed by atoms with Crippen LogP contribution in [0.25, 0.3) is 0 Å². The van der Waals surface area contributed by atoms with Gasteiger partial charge in [-0.3, -0.25) is 9.59 Å². The Labute approximate surface area is 188 Å². The zero-order valence-electron chi connectivity index (χ0n) is 18.4. The van der Waals surface area contributed by atoms with E-state index in [9.17, 15) is 9.59 Å². The van der Waals surface area contributed by atoms with E-state index in [4.69, 9.17) is 14.6 Å². The number of benzene rings is 3. The van der Waals surface area contributed by atoms with Crippen molar-refractivity contribution in [3.05, 3.63) is 95.1 Å². The molecule has 0 amide bonds. The molecule has 1 atom stereocenters. The molecule has 3 aromatic rings. The van der Waals surface area contributed by atoms with E-state index >= 15 is 0 Å². The van der Waals surface area contributed by atoms with Gasteiger partial charge in [0.2, 0.25) is 0 Å². The van der Waals surface area contributed by atoms with Gasteiger partial charge in [0, 0.05) is 18.4 Å². The zero-order chi connectivity index (χ0) is 22.9. The molecule has 5 heteroatoms. The number of ether oxygens (including phenoxy) is 2. The van der Waals surface area contributed by atoms with Crippen LogP contribution >= 0.6 is 0 Å². The highest BCUT2D eigenvalue weighted by Gasteiger charge is 2.16. The standard InChI is InChI=1S/C27H28O5/c1-19-18-23(14-12-21(19)13-15-26(28)29)31-17-16-20(2)32-25-11-7-6-10-24(25)27(30)22-8-4-3-5-9-22/h3-12,14,18,20H,13,15-17H2,1-2H3,(H,28,29). The van der Waals surface area contributed by atoms with Gasteiger partial charge in [-0.1, -0.05) is 48.5 Å². The Kier molecular flexibility index (Phi) is 8.03. The Bertz CT molecular complexity index is 1060. The summed E-state index contributed by atoms with van der Waals surface area (Å²) >= 11 is 0. The quantitative estimate of drug-likeness (QED) is 0.406. The molecule has 0 bridgehead atoms. The van der Waals surface area contributed by atoms with Crippen molar-refractivity contribution in [3.63, 3.8) is 0 Å². The zero-order valence-corrected chi connectivity index (χ0v) is 18.4. The second kappa shape index (κ2) is 11.1. The van der Waals surface area contributed by atoms with E-state index in [2.05, 4.69) is 0 Å². The van der Waals surface area contributed by atoms with Gasteiger partial charge in [0.25, 0.3) is 0 Å². The fourth-order valence-corrected chi connectivity index (χ4v) is 3.40.